The molecule has 3 aromatic rings. The SMILES string of the molecule is CCc1cnn(CC)c1-c1csc(C(=O)N[C@H](CN)Cc2ccccc2C(F)(F)F)c1. The van der Waals surface area contributed by atoms with Gasteiger partial charge in [-0.1, -0.05) is 25.1 Å². The van der Waals surface area contributed by atoms with E-state index in [1.54, 1.807) is 12.1 Å². The van der Waals surface area contributed by atoms with E-state index in [9.17, 15) is 18.0 Å². The summed E-state index contributed by atoms with van der Waals surface area (Å²) in [6.45, 7) is 4.78. The fourth-order valence-corrected chi connectivity index (χ4v) is 4.32. The Hall–Kier alpha value is -2.65. The normalized spacial score (nSPS) is 12.7. The molecule has 0 aliphatic carbocycles. The maximum absolute atomic E-state index is 13.3. The van der Waals surface area contributed by atoms with Crippen LogP contribution >= 0.6 is 11.3 Å². The molecule has 0 saturated carbocycles. The Kier molecular flexibility index (Phi) is 7.17. The zero-order valence-electron chi connectivity index (χ0n) is 17.4. The first-order valence-electron chi connectivity index (χ1n) is 10.1. The summed E-state index contributed by atoms with van der Waals surface area (Å²) in [6.07, 6.45) is -1.81. The van der Waals surface area contributed by atoms with Crippen molar-refractivity contribution >= 4 is 17.2 Å². The van der Waals surface area contributed by atoms with Crippen molar-refractivity contribution in [1.82, 2.24) is 15.1 Å². The van der Waals surface area contributed by atoms with Crippen molar-refractivity contribution in [1.29, 1.82) is 0 Å². The third-order valence-corrected chi connectivity index (χ3v) is 6.03. The largest absolute Gasteiger partial charge is 0.416 e. The summed E-state index contributed by atoms with van der Waals surface area (Å²) >= 11 is 1.29. The summed E-state index contributed by atoms with van der Waals surface area (Å²) in [4.78, 5) is 13.3. The molecule has 2 aromatic heterocycles. The minimum atomic E-state index is -4.46. The number of nitrogens with two attached hydrogens (primary N) is 1. The van der Waals surface area contributed by atoms with E-state index >= 15 is 0 Å². The van der Waals surface area contributed by atoms with Crippen molar-refractivity contribution in [2.75, 3.05) is 6.54 Å². The van der Waals surface area contributed by atoms with Crippen molar-refractivity contribution in [3.63, 3.8) is 0 Å². The fraction of sp³-hybridized carbons (Fsp3) is 0.364. The van der Waals surface area contributed by atoms with Crippen LogP contribution in [0, 0.1) is 0 Å². The van der Waals surface area contributed by atoms with Gasteiger partial charge in [0.2, 0.25) is 0 Å². The first-order valence-corrected chi connectivity index (χ1v) is 11.0. The van der Waals surface area contributed by atoms with Gasteiger partial charge < -0.3 is 11.1 Å². The molecule has 3 N–H and O–H groups in total. The van der Waals surface area contributed by atoms with Crippen molar-refractivity contribution in [2.24, 2.45) is 5.73 Å². The molecule has 0 radical (unpaired) electrons. The summed E-state index contributed by atoms with van der Waals surface area (Å²) in [5.74, 6) is -0.350. The second kappa shape index (κ2) is 9.65. The van der Waals surface area contributed by atoms with Crippen molar-refractivity contribution in [2.45, 2.75) is 45.5 Å². The number of amides is 1. The van der Waals surface area contributed by atoms with Gasteiger partial charge >= 0.3 is 6.18 Å². The highest BCUT2D eigenvalue weighted by Gasteiger charge is 2.33. The Bertz CT molecular complexity index is 1020. The average molecular weight is 451 g/mol. The lowest BCUT2D eigenvalue weighted by Gasteiger charge is -2.19. The molecule has 2 heterocycles. The van der Waals surface area contributed by atoms with E-state index in [0.29, 0.717) is 11.4 Å². The van der Waals surface area contributed by atoms with Gasteiger partial charge in [-0.3, -0.25) is 9.48 Å². The predicted molar refractivity (Wildman–Crippen MR) is 116 cm³/mol. The first-order chi connectivity index (χ1) is 14.8. The van der Waals surface area contributed by atoms with Crippen LogP contribution in [-0.2, 0) is 25.6 Å². The Morgan fingerprint density at radius 3 is 2.65 bits per heavy atom. The topological polar surface area (TPSA) is 72.9 Å². The van der Waals surface area contributed by atoms with Crippen LogP contribution in [0.5, 0.6) is 0 Å². The number of nitrogens with zero attached hydrogens (tertiary/aromatic N) is 2. The van der Waals surface area contributed by atoms with Gasteiger partial charge in [-0.05, 0) is 43.0 Å². The standard InChI is InChI=1S/C22H25F3N4OS/c1-3-14-12-27-29(4-2)20(14)16-10-19(31-13-16)21(30)28-17(11-26)9-15-7-5-6-8-18(15)22(23,24)25/h5-8,10,12-13,17H,3-4,9,11,26H2,1-2H3,(H,28,30)/t17-/m0/s1. The fourth-order valence-electron chi connectivity index (χ4n) is 3.53. The highest BCUT2D eigenvalue weighted by atomic mass is 32.1. The second-order valence-electron chi connectivity index (χ2n) is 7.15. The van der Waals surface area contributed by atoms with Gasteiger partial charge in [0.25, 0.3) is 5.91 Å². The number of alkyl halides is 3. The smallest absolute Gasteiger partial charge is 0.347 e. The molecule has 1 atom stereocenters. The summed E-state index contributed by atoms with van der Waals surface area (Å²) < 4.78 is 41.7. The third kappa shape index (κ3) is 5.16. The minimum Gasteiger partial charge on any atom is -0.347 e. The molecule has 0 saturated heterocycles. The maximum atomic E-state index is 13.3. The molecule has 0 aliphatic heterocycles. The van der Waals surface area contributed by atoms with Crippen molar-refractivity contribution in [3.05, 3.63) is 63.5 Å². The van der Waals surface area contributed by atoms with Gasteiger partial charge in [-0.2, -0.15) is 18.3 Å². The van der Waals surface area contributed by atoms with E-state index in [1.165, 1.54) is 23.5 Å². The van der Waals surface area contributed by atoms with E-state index < -0.39 is 17.8 Å². The van der Waals surface area contributed by atoms with Gasteiger partial charge in [0.05, 0.1) is 22.3 Å². The lowest BCUT2D eigenvalue weighted by molar-refractivity contribution is -0.138. The van der Waals surface area contributed by atoms with Gasteiger partial charge in [0.1, 0.15) is 0 Å². The summed E-state index contributed by atoms with van der Waals surface area (Å²) in [6, 6.07) is 6.53. The Balaban J connectivity index is 1.77. The molecule has 166 valence electrons. The summed E-state index contributed by atoms with van der Waals surface area (Å²) in [5, 5.41) is 9.06. The highest BCUT2D eigenvalue weighted by molar-refractivity contribution is 7.12. The molecule has 0 unspecified atom stereocenters. The predicted octanol–water partition coefficient (Wildman–Crippen LogP) is 4.51. The summed E-state index contributed by atoms with van der Waals surface area (Å²) in [7, 11) is 0. The van der Waals surface area contributed by atoms with Crippen molar-refractivity contribution in [3.8, 4) is 11.3 Å². The van der Waals surface area contributed by atoms with Gasteiger partial charge in [0, 0.05) is 30.1 Å². The minimum absolute atomic E-state index is 0.00125. The maximum Gasteiger partial charge on any atom is 0.416 e. The molecule has 3 rings (SSSR count). The molecule has 31 heavy (non-hydrogen) atoms. The molecule has 1 amide bonds. The second-order valence-corrected chi connectivity index (χ2v) is 8.06. The van der Waals surface area contributed by atoms with Crippen LogP contribution in [0.1, 0.15) is 40.2 Å². The molecule has 0 aliphatic rings. The van der Waals surface area contributed by atoms with Crippen LogP contribution in [0.2, 0.25) is 0 Å². The van der Waals surface area contributed by atoms with Crippen LogP contribution in [0.4, 0.5) is 13.2 Å². The molecule has 0 bridgehead atoms. The van der Waals surface area contributed by atoms with Crippen LogP contribution in [0.25, 0.3) is 11.3 Å². The highest BCUT2D eigenvalue weighted by Crippen LogP contribution is 2.32. The van der Waals surface area contributed by atoms with Crippen LogP contribution in [-0.4, -0.2) is 28.3 Å². The van der Waals surface area contributed by atoms with E-state index in [4.69, 9.17) is 5.73 Å². The number of halogens is 3. The zero-order chi connectivity index (χ0) is 22.6. The number of hydrogen-bond acceptors (Lipinski definition) is 4. The number of aryl methyl sites for hydroxylation is 2. The first kappa shape index (κ1) is 23.0. The zero-order valence-corrected chi connectivity index (χ0v) is 18.2. The third-order valence-electron chi connectivity index (χ3n) is 5.10. The van der Waals surface area contributed by atoms with E-state index in [-0.39, 0.29) is 24.4 Å². The molecule has 5 nitrogen and oxygen atoms in total. The van der Waals surface area contributed by atoms with Gasteiger partial charge in [-0.25, -0.2) is 0 Å². The number of thiophene rings is 1. The van der Waals surface area contributed by atoms with E-state index in [0.717, 1.165) is 29.3 Å². The Morgan fingerprint density at radius 2 is 2.00 bits per heavy atom. The molecular formula is C22H25F3N4OS. The van der Waals surface area contributed by atoms with Crippen molar-refractivity contribution < 1.29 is 18.0 Å². The monoisotopic (exact) mass is 450 g/mol. The average Bonchev–Trinajstić information content (AvgIpc) is 3.39. The number of carbonyl (C=O) groups is 1. The lowest BCUT2D eigenvalue weighted by atomic mass is 9.99. The quantitative estimate of drug-likeness (QED) is 0.530. The van der Waals surface area contributed by atoms with Gasteiger partial charge in [-0.15, -0.1) is 11.3 Å². The number of rotatable bonds is 8. The van der Waals surface area contributed by atoms with E-state index in [2.05, 4.69) is 10.4 Å². The van der Waals surface area contributed by atoms with Crippen LogP contribution < -0.4 is 11.1 Å². The molecule has 1 aromatic carbocycles. The molecular weight excluding hydrogens is 425 g/mol. The molecule has 0 fully saturated rings. The molecule has 9 heteroatoms. The summed E-state index contributed by atoms with van der Waals surface area (Å²) in [5.41, 5.74) is 8.14. The van der Waals surface area contributed by atoms with Crippen LogP contribution in [0.15, 0.2) is 41.9 Å². The van der Waals surface area contributed by atoms with E-state index in [1.807, 2.05) is 30.1 Å². The number of benzene rings is 1. The Morgan fingerprint density at radius 1 is 1.26 bits per heavy atom. The van der Waals surface area contributed by atoms with Crippen LogP contribution in [0.3, 0.4) is 0 Å². The number of aromatic nitrogens is 2. The molecule has 0 spiro atoms. The Labute approximate surface area is 183 Å². The number of carbonyl (C=O) groups excluding carboxylic acids is 1. The lowest BCUT2D eigenvalue weighted by Crippen LogP contribution is -2.41. The number of hydrogen-bond donors (Lipinski definition) is 2. The number of nitrogens with one attached hydrogen (secondary N) is 1. The van der Waals surface area contributed by atoms with Gasteiger partial charge in [0.15, 0.2) is 0 Å².